The number of carbonyl (C=O) groups is 1. The van der Waals surface area contributed by atoms with Crippen molar-refractivity contribution in [3.05, 3.63) is 50.6 Å². The second-order valence-electron chi connectivity index (χ2n) is 4.72. The lowest BCUT2D eigenvalue weighted by atomic mass is 10.2. The Morgan fingerprint density at radius 2 is 2.13 bits per heavy atom. The van der Waals surface area contributed by atoms with Crippen molar-refractivity contribution in [2.24, 2.45) is 5.10 Å². The number of thiophene rings is 1. The summed E-state index contributed by atoms with van der Waals surface area (Å²) in [6, 6.07) is 13.4. The van der Waals surface area contributed by atoms with E-state index in [1.807, 2.05) is 42.3 Å². The number of benzene rings is 1. The van der Waals surface area contributed by atoms with E-state index in [1.165, 1.54) is 11.3 Å². The van der Waals surface area contributed by atoms with Crippen molar-refractivity contribution in [3.63, 3.8) is 0 Å². The SMILES string of the molecule is CN(CCC#N)c1ccc(/C=N/NC(=O)c2ccc(Br)s2)cc1. The summed E-state index contributed by atoms with van der Waals surface area (Å²) in [5, 5.41) is 12.6. The zero-order valence-corrected chi connectivity index (χ0v) is 14.9. The van der Waals surface area contributed by atoms with Gasteiger partial charge in [-0.05, 0) is 45.8 Å². The molecule has 0 spiro atoms. The number of nitrogens with one attached hydrogen (secondary N) is 1. The molecule has 0 bridgehead atoms. The number of rotatable bonds is 6. The average molecular weight is 391 g/mol. The molecule has 0 aliphatic rings. The Morgan fingerprint density at radius 1 is 1.39 bits per heavy atom. The first-order valence-electron chi connectivity index (χ1n) is 6.87. The van der Waals surface area contributed by atoms with E-state index in [4.69, 9.17) is 5.26 Å². The monoisotopic (exact) mass is 390 g/mol. The van der Waals surface area contributed by atoms with Gasteiger partial charge in [0.25, 0.3) is 5.91 Å². The molecule has 1 aromatic carbocycles. The van der Waals surface area contributed by atoms with Gasteiger partial charge in [0, 0.05) is 19.3 Å². The van der Waals surface area contributed by atoms with Crippen LogP contribution in [0.15, 0.2) is 45.3 Å². The van der Waals surface area contributed by atoms with E-state index in [-0.39, 0.29) is 5.91 Å². The molecule has 0 atom stereocenters. The number of hydrazone groups is 1. The Bertz CT molecular complexity index is 733. The van der Waals surface area contributed by atoms with E-state index in [9.17, 15) is 4.79 Å². The largest absolute Gasteiger partial charge is 0.374 e. The Balaban J connectivity index is 1.90. The van der Waals surface area contributed by atoms with E-state index < -0.39 is 0 Å². The second-order valence-corrected chi connectivity index (χ2v) is 7.19. The van der Waals surface area contributed by atoms with Gasteiger partial charge in [-0.1, -0.05) is 12.1 Å². The average Bonchev–Trinajstić information content (AvgIpc) is 2.99. The van der Waals surface area contributed by atoms with Crippen molar-refractivity contribution in [2.45, 2.75) is 6.42 Å². The minimum absolute atomic E-state index is 0.232. The van der Waals surface area contributed by atoms with Crippen LogP contribution in [0.5, 0.6) is 0 Å². The molecule has 0 aliphatic carbocycles. The lowest BCUT2D eigenvalue weighted by Gasteiger charge is -2.17. The van der Waals surface area contributed by atoms with Gasteiger partial charge in [-0.2, -0.15) is 10.4 Å². The molecule has 2 rings (SSSR count). The fraction of sp³-hybridized carbons (Fsp3) is 0.188. The molecule has 1 N–H and O–H groups in total. The molecule has 0 unspecified atom stereocenters. The topological polar surface area (TPSA) is 68.5 Å². The van der Waals surface area contributed by atoms with E-state index in [2.05, 4.69) is 32.5 Å². The quantitative estimate of drug-likeness (QED) is 0.604. The second kappa shape index (κ2) is 8.46. The molecule has 0 radical (unpaired) electrons. The lowest BCUT2D eigenvalue weighted by Crippen LogP contribution is -2.18. The van der Waals surface area contributed by atoms with Gasteiger partial charge >= 0.3 is 0 Å². The number of halogens is 1. The molecule has 1 heterocycles. The van der Waals surface area contributed by atoms with E-state index in [0.717, 1.165) is 15.0 Å². The molecular weight excluding hydrogens is 376 g/mol. The van der Waals surface area contributed by atoms with Gasteiger partial charge in [0.15, 0.2) is 0 Å². The minimum Gasteiger partial charge on any atom is -0.374 e. The third-order valence-electron chi connectivity index (χ3n) is 3.07. The number of hydrogen-bond donors (Lipinski definition) is 1. The van der Waals surface area contributed by atoms with E-state index in [1.54, 1.807) is 12.3 Å². The van der Waals surface area contributed by atoms with Gasteiger partial charge < -0.3 is 4.90 Å². The zero-order valence-electron chi connectivity index (χ0n) is 12.5. The van der Waals surface area contributed by atoms with Gasteiger partial charge in [-0.15, -0.1) is 11.3 Å². The molecule has 0 aliphatic heterocycles. The van der Waals surface area contributed by atoms with E-state index in [0.29, 0.717) is 17.8 Å². The molecule has 1 amide bonds. The number of nitrogens with zero attached hydrogens (tertiary/aromatic N) is 3. The van der Waals surface area contributed by atoms with Crippen molar-refractivity contribution in [1.82, 2.24) is 5.43 Å². The number of hydrogen-bond acceptors (Lipinski definition) is 5. The third kappa shape index (κ3) is 5.20. The van der Waals surface area contributed by atoms with Crippen molar-refractivity contribution < 1.29 is 4.79 Å². The maximum absolute atomic E-state index is 11.8. The highest BCUT2D eigenvalue weighted by molar-refractivity contribution is 9.11. The van der Waals surface area contributed by atoms with Crippen molar-refractivity contribution in [2.75, 3.05) is 18.5 Å². The Morgan fingerprint density at radius 3 is 2.74 bits per heavy atom. The van der Waals surface area contributed by atoms with Gasteiger partial charge in [0.1, 0.15) is 0 Å². The Hall–Kier alpha value is -2.17. The van der Waals surface area contributed by atoms with Crippen LogP contribution in [-0.4, -0.2) is 25.7 Å². The maximum atomic E-state index is 11.8. The fourth-order valence-electron chi connectivity index (χ4n) is 1.82. The first kappa shape index (κ1) is 17.2. The van der Waals surface area contributed by atoms with Gasteiger partial charge in [0.2, 0.25) is 0 Å². The third-order valence-corrected chi connectivity index (χ3v) is 4.69. The van der Waals surface area contributed by atoms with Crippen molar-refractivity contribution in [1.29, 1.82) is 5.26 Å². The first-order valence-corrected chi connectivity index (χ1v) is 8.48. The van der Waals surface area contributed by atoms with Crippen LogP contribution in [0.25, 0.3) is 0 Å². The van der Waals surface area contributed by atoms with Crippen LogP contribution in [0.4, 0.5) is 5.69 Å². The summed E-state index contributed by atoms with van der Waals surface area (Å²) < 4.78 is 0.905. The molecule has 0 saturated carbocycles. The Labute approximate surface area is 147 Å². The molecule has 0 fully saturated rings. The highest BCUT2D eigenvalue weighted by Gasteiger charge is 2.06. The van der Waals surface area contributed by atoms with E-state index >= 15 is 0 Å². The predicted molar refractivity (Wildman–Crippen MR) is 97.0 cm³/mol. The summed E-state index contributed by atoms with van der Waals surface area (Å²) in [4.78, 5) is 14.4. The van der Waals surface area contributed by atoms with Crippen LogP contribution in [0, 0.1) is 11.3 Å². The predicted octanol–water partition coefficient (Wildman–Crippen LogP) is 3.62. The van der Waals surface area contributed by atoms with Crippen molar-refractivity contribution in [3.8, 4) is 6.07 Å². The molecule has 2 aromatic rings. The smallest absolute Gasteiger partial charge is 0.281 e. The number of nitriles is 1. The Kier molecular flexibility index (Phi) is 6.32. The highest BCUT2D eigenvalue weighted by atomic mass is 79.9. The molecule has 7 heteroatoms. The molecule has 5 nitrogen and oxygen atoms in total. The molecule has 118 valence electrons. The van der Waals surface area contributed by atoms with Crippen LogP contribution < -0.4 is 10.3 Å². The number of carbonyl (C=O) groups excluding carboxylic acids is 1. The first-order chi connectivity index (χ1) is 11.1. The summed E-state index contributed by atoms with van der Waals surface area (Å²) in [5.74, 6) is -0.232. The van der Waals surface area contributed by atoms with Crippen LogP contribution in [0.3, 0.4) is 0 Å². The highest BCUT2D eigenvalue weighted by Crippen LogP contribution is 2.21. The number of anilines is 1. The summed E-state index contributed by atoms with van der Waals surface area (Å²) in [6.45, 7) is 0.691. The molecule has 23 heavy (non-hydrogen) atoms. The van der Waals surface area contributed by atoms with Gasteiger partial charge in [-0.25, -0.2) is 5.43 Å². The summed E-state index contributed by atoms with van der Waals surface area (Å²) in [5.41, 5.74) is 4.42. The van der Waals surface area contributed by atoms with Crippen LogP contribution in [0.1, 0.15) is 21.7 Å². The lowest BCUT2D eigenvalue weighted by molar-refractivity contribution is 0.0959. The fourth-order valence-corrected chi connectivity index (χ4v) is 3.09. The summed E-state index contributed by atoms with van der Waals surface area (Å²) in [6.07, 6.45) is 2.09. The standard InChI is InChI=1S/C16H15BrN4OS/c1-21(10-2-9-18)13-5-3-12(4-6-13)11-19-20-16(22)14-7-8-15(17)23-14/h3-8,11H,2,10H2,1H3,(H,20,22)/b19-11+. The normalized spacial score (nSPS) is 10.5. The maximum Gasteiger partial charge on any atom is 0.281 e. The molecular formula is C16H15BrN4OS. The zero-order chi connectivity index (χ0) is 16.7. The van der Waals surface area contributed by atoms with Crippen LogP contribution in [-0.2, 0) is 0 Å². The molecule has 1 aromatic heterocycles. The van der Waals surface area contributed by atoms with Gasteiger partial charge in [-0.3, -0.25) is 4.79 Å². The van der Waals surface area contributed by atoms with Crippen molar-refractivity contribution >= 4 is 45.1 Å². The minimum atomic E-state index is -0.232. The molecule has 0 saturated heterocycles. The van der Waals surface area contributed by atoms with Crippen LogP contribution >= 0.6 is 27.3 Å². The number of amides is 1. The van der Waals surface area contributed by atoms with Gasteiger partial charge in [0.05, 0.1) is 27.4 Å². The van der Waals surface area contributed by atoms with Crippen LogP contribution in [0.2, 0.25) is 0 Å². The summed E-state index contributed by atoms with van der Waals surface area (Å²) >= 11 is 4.67. The summed E-state index contributed by atoms with van der Waals surface area (Å²) in [7, 11) is 1.94.